The van der Waals surface area contributed by atoms with Crippen LogP contribution in [0.15, 0.2) is 128 Å². The number of nitrogens with zero attached hydrogens (tertiary/aromatic N) is 4. The standard InChI is InChI=1S/C43H37N4.Pt/c1-42(2,3)30-24-25-44-41(28-30)47-37-19-10-9-18-35(37)36-23-22-32(27-40(36)47)43(4,5)31-14-13-17-34(26-31)46-29-45(33-15-7-6-8-16-33)38-20-11-12-21-39(38)46;/h6-25,28-29H,1-5H3;/q-3;. The topological polar surface area (TPSA) is 24.3 Å². The Balaban J connectivity index is 0.00000364. The molecule has 1 aliphatic heterocycles. The number of hydrogen-bond acceptors (Lipinski definition) is 3. The molecule has 5 aromatic carbocycles. The van der Waals surface area contributed by atoms with E-state index in [0.717, 1.165) is 50.7 Å². The molecule has 0 aliphatic carbocycles. The quantitative estimate of drug-likeness (QED) is 0.162. The van der Waals surface area contributed by atoms with Gasteiger partial charge in [-0.3, -0.25) is 0 Å². The molecule has 242 valence electrons. The number of rotatable bonds is 5. The van der Waals surface area contributed by atoms with Gasteiger partial charge < -0.3 is 14.4 Å². The van der Waals surface area contributed by atoms with Crippen LogP contribution >= 0.6 is 0 Å². The second-order valence-electron chi connectivity index (χ2n) is 13.9. The van der Waals surface area contributed by atoms with E-state index in [-0.39, 0.29) is 31.9 Å². The zero-order valence-electron chi connectivity index (χ0n) is 27.8. The molecule has 0 spiro atoms. The van der Waals surface area contributed by atoms with Crippen LogP contribution in [0.1, 0.15) is 51.3 Å². The van der Waals surface area contributed by atoms with Crippen molar-refractivity contribution < 1.29 is 21.1 Å². The molecule has 0 radical (unpaired) electrons. The Labute approximate surface area is 297 Å². The van der Waals surface area contributed by atoms with E-state index in [1.807, 2.05) is 6.20 Å². The monoisotopic (exact) mass is 804 g/mol. The molecule has 48 heavy (non-hydrogen) atoms. The molecular formula is C43H37N4Pt-3. The molecule has 3 heterocycles. The number of para-hydroxylation sites is 4. The summed E-state index contributed by atoms with van der Waals surface area (Å²) in [6.07, 6.45) is 1.93. The summed E-state index contributed by atoms with van der Waals surface area (Å²) in [6, 6.07) is 50.6. The van der Waals surface area contributed by atoms with Gasteiger partial charge in [0, 0.05) is 49.8 Å². The second-order valence-corrected chi connectivity index (χ2v) is 13.9. The summed E-state index contributed by atoms with van der Waals surface area (Å²) < 4.78 is 2.27. The molecule has 1 aliphatic rings. The van der Waals surface area contributed by atoms with Crippen LogP contribution in [0, 0.1) is 18.8 Å². The van der Waals surface area contributed by atoms with Gasteiger partial charge in [-0.15, -0.1) is 17.7 Å². The van der Waals surface area contributed by atoms with Gasteiger partial charge >= 0.3 is 0 Å². The first kappa shape index (κ1) is 31.9. The van der Waals surface area contributed by atoms with Crippen LogP contribution in [0.4, 0.5) is 22.7 Å². The molecule has 0 bridgehead atoms. The van der Waals surface area contributed by atoms with Crippen LogP contribution in [0.25, 0.3) is 27.6 Å². The SMILES string of the molecule is CC(C)(C)c1ccnc(-n2c3[c-]c(C(C)(C)c4[c-]c(N5[CH-]N(c6ccccc6)c6ccccc65)ccc4)ccc3c3ccccc32)c1.[Pt]. The van der Waals surface area contributed by atoms with Crippen LogP contribution in [0.3, 0.4) is 0 Å². The Morgan fingerprint density at radius 2 is 1.31 bits per heavy atom. The van der Waals surface area contributed by atoms with Crippen molar-refractivity contribution in [3.63, 3.8) is 0 Å². The van der Waals surface area contributed by atoms with E-state index in [1.54, 1.807) is 0 Å². The summed E-state index contributed by atoms with van der Waals surface area (Å²) >= 11 is 0. The number of aromatic nitrogens is 2. The van der Waals surface area contributed by atoms with E-state index in [1.165, 1.54) is 16.3 Å². The van der Waals surface area contributed by atoms with E-state index in [4.69, 9.17) is 4.98 Å². The van der Waals surface area contributed by atoms with Crippen molar-refractivity contribution >= 4 is 44.6 Å². The molecule has 0 amide bonds. The normalized spacial score (nSPS) is 13.2. The molecular weight excluding hydrogens is 768 g/mol. The molecule has 0 N–H and O–H groups in total. The van der Waals surface area contributed by atoms with Gasteiger partial charge in [0.1, 0.15) is 5.82 Å². The fourth-order valence-electron chi connectivity index (χ4n) is 6.71. The van der Waals surface area contributed by atoms with Crippen molar-refractivity contribution in [1.82, 2.24) is 9.55 Å². The molecule has 4 nitrogen and oxygen atoms in total. The van der Waals surface area contributed by atoms with E-state index < -0.39 is 0 Å². The molecule has 0 saturated heterocycles. The van der Waals surface area contributed by atoms with Crippen molar-refractivity contribution in [1.29, 1.82) is 0 Å². The van der Waals surface area contributed by atoms with Crippen LogP contribution in [-0.2, 0) is 31.9 Å². The maximum absolute atomic E-state index is 4.87. The van der Waals surface area contributed by atoms with Gasteiger partial charge in [0.2, 0.25) is 0 Å². The second kappa shape index (κ2) is 12.1. The van der Waals surface area contributed by atoms with Crippen LogP contribution < -0.4 is 9.80 Å². The number of hydrogen-bond donors (Lipinski definition) is 0. The Bertz CT molecular complexity index is 2260. The zero-order chi connectivity index (χ0) is 32.3. The first-order chi connectivity index (χ1) is 22.7. The molecule has 5 heteroatoms. The fourth-order valence-corrected chi connectivity index (χ4v) is 6.71. The van der Waals surface area contributed by atoms with Crippen LogP contribution in [0.5, 0.6) is 0 Å². The van der Waals surface area contributed by atoms with Crippen molar-refractivity contribution in [3.05, 3.63) is 163 Å². The predicted molar refractivity (Wildman–Crippen MR) is 195 cm³/mol. The third kappa shape index (κ3) is 5.33. The van der Waals surface area contributed by atoms with E-state index in [0.29, 0.717) is 0 Å². The van der Waals surface area contributed by atoms with Gasteiger partial charge in [-0.2, -0.15) is 53.6 Å². The van der Waals surface area contributed by atoms with Crippen molar-refractivity contribution in [2.45, 2.75) is 45.4 Å². The Morgan fingerprint density at radius 3 is 2.08 bits per heavy atom. The van der Waals surface area contributed by atoms with E-state index >= 15 is 0 Å². The molecule has 8 rings (SSSR count). The van der Waals surface area contributed by atoms with E-state index in [9.17, 15) is 0 Å². The third-order valence-electron chi connectivity index (χ3n) is 9.48. The van der Waals surface area contributed by atoms with Gasteiger partial charge in [0.15, 0.2) is 0 Å². The number of benzene rings is 5. The third-order valence-corrected chi connectivity index (χ3v) is 9.48. The molecule has 0 atom stereocenters. The average Bonchev–Trinajstić information content (AvgIpc) is 3.65. The zero-order valence-corrected chi connectivity index (χ0v) is 30.1. The average molecular weight is 805 g/mol. The summed E-state index contributed by atoms with van der Waals surface area (Å²) in [5.41, 5.74) is 9.67. The summed E-state index contributed by atoms with van der Waals surface area (Å²) in [5.74, 6) is 0.912. The van der Waals surface area contributed by atoms with Crippen molar-refractivity contribution in [2.75, 3.05) is 9.80 Å². The van der Waals surface area contributed by atoms with Crippen LogP contribution in [-0.4, -0.2) is 9.55 Å². The first-order valence-corrected chi connectivity index (χ1v) is 16.2. The summed E-state index contributed by atoms with van der Waals surface area (Å²) in [4.78, 5) is 9.35. The minimum atomic E-state index is -0.371. The minimum Gasteiger partial charge on any atom is -0.493 e. The Kier molecular flexibility index (Phi) is 8.04. The van der Waals surface area contributed by atoms with Crippen LogP contribution in [0.2, 0.25) is 0 Å². The van der Waals surface area contributed by atoms with Gasteiger partial charge in [0.05, 0.1) is 0 Å². The summed E-state index contributed by atoms with van der Waals surface area (Å²) in [6.45, 7) is 13.4. The molecule has 0 unspecified atom stereocenters. The number of fused-ring (bicyclic) bond motifs is 4. The van der Waals surface area contributed by atoms with E-state index in [2.05, 4.69) is 189 Å². The smallest absolute Gasteiger partial charge is 0.135 e. The minimum absolute atomic E-state index is 0. The maximum atomic E-state index is 4.87. The summed E-state index contributed by atoms with van der Waals surface area (Å²) in [7, 11) is 0. The van der Waals surface area contributed by atoms with Gasteiger partial charge in [0.25, 0.3) is 0 Å². The Hall–Kier alpha value is -4.66. The predicted octanol–water partition coefficient (Wildman–Crippen LogP) is 10.8. The molecule has 0 saturated carbocycles. The molecule has 2 aromatic heterocycles. The summed E-state index contributed by atoms with van der Waals surface area (Å²) in [5, 5.41) is 2.37. The largest absolute Gasteiger partial charge is 0.493 e. The van der Waals surface area contributed by atoms with Gasteiger partial charge in [-0.1, -0.05) is 88.7 Å². The van der Waals surface area contributed by atoms with Crippen molar-refractivity contribution in [3.8, 4) is 5.82 Å². The Morgan fingerprint density at radius 1 is 0.625 bits per heavy atom. The number of anilines is 4. The first-order valence-electron chi connectivity index (χ1n) is 16.2. The van der Waals surface area contributed by atoms with Gasteiger partial charge in [-0.25, -0.2) is 4.98 Å². The van der Waals surface area contributed by atoms with Crippen molar-refractivity contribution in [2.24, 2.45) is 0 Å². The molecule has 7 aromatic rings. The maximum Gasteiger partial charge on any atom is 0.135 e. The fraction of sp³-hybridized carbons (Fsp3) is 0.163. The molecule has 0 fully saturated rings. The van der Waals surface area contributed by atoms with Gasteiger partial charge in [-0.05, 0) is 64.2 Å². The number of pyridine rings is 1.